The van der Waals surface area contributed by atoms with Gasteiger partial charge in [-0.25, -0.2) is 4.39 Å². The number of carbonyl (C=O) groups excluding carboxylic acids is 1. The number of fused-ring (bicyclic) bond motifs is 1. The lowest BCUT2D eigenvalue weighted by Crippen LogP contribution is -2.49. The number of likely N-dealkylation sites (tertiary alicyclic amines) is 1. The maximum absolute atomic E-state index is 13.4. The molecule has 1 aromatic heterocycles. The van der Waals surface area contributed by atoms with Crippen molar-refractivity contribution in [3.8, 4) is 0 Å². The number of carbonyl (C=O) groups is 1. The van der Waals surface area contributed by atoms with E-state index in [1.165, 1.54) is 16.7 Å². The standard InChI is InChI=1S/C30H37F4N5O3/c1-2-14-42-27-19-38(23-4-3-10-37(11-9-23)24-7-5-22(31)6-8-24)18-26(27)35-28(40)20-36-12-13-39-25(17-36)15-21(16-29(39)41)30(32,33)34/h2,5-8,15-16,23,26-27H,1,3-4,9-14,17-20H2,(H,35,40)/t23?,26?,27-/m0/s1. The molecule has 2 unspecified atom stereocenters. The van der Waals surface area contributed by atoms with Crippen LogP contribution >= 0.6 is 0 Å². The second-order valence-electron chi connectivity index (χ2n) is 11.3. The van der Waals surface area contributed by atoms with Crippen LogP contribution in [-0.2, 0) is 28.8 Å². The van der Waals surface area contributed by atoms with Gasteiger partial charge in [0.25, 0.3) is 5.56 Å². The number of ether oxygens (including phenoxy) is 1. The average molecular weight is 592 g/mol. The normalized spacial score (nSPS) is 23.8. The molecule has 0 spiro atoms. The number of amides is 1. The Morgan fingerprint density at radius 1 is 1.07 bits per heavy atom. The Bertz CT molecular complexity index is 1320. The van der Waals surface area contributed by atoms with Crippen LogP contribution in [0.2, 0.25) is 0 Å². The Morgan fingerprint density at radius 3 is 2.60 bits per heavy atom. The number of halogens is 4. The lowest BCUT2D eigenvalue weighted by molar-refractivity contribution is -0.138. The molecule has 1 N–H and O–H groups in total. The van der Waals surface area contributed by atoms with Crippen molar-refractivity contribution in [2.45, 2.75) is 56.7 Å². The molecule has 0 aliphatic carbocycles. The van der Waals surface area contributed by atoms with Gasteiger partial charge in [-0.3, -0.25) is 19.4 Å². The van der Waals surface area contributed by atoms with E-state index in [-0.39, 0.29) is 49.2 Å². The number of benzene rings is 1. The van der Waals surface area contributed by atoms with Gasteiger partial charge in [0, 0.05) is 69.3 Å². The quantitative estimate of drug-likeness (QED) is 0.376. The molecule has 3 aliphatic heterocycles. The first-order chi connectivity index (χ1) is 20.1. The molecular weight excluding hydrogens is 554 g/mol. The van der Waals surface area contributed by atoms with Gasteiger partial charge in [-0.15, -0.1) is 6.58 Å². The molecule has 12 heteroatoms. The van der Waals surface area contributed by atoms with Crippen LogP contribution in [0.15, 0.2) is 53.8 Å². The third-order valence-corrected chi connectivity index (χ3v) is 8.41. The van der Waals surface area contributed by atoms with E-state index in [9.17, 15) is 27.2 Å². The zero-order chi connectivity index (χ0) is 29.9. The molecule has 1 aromatic carbocycles. The van der Waals surface area contributed by atoms with Crippen molar-refractivity contribution in [3.05, 3.63) is 76.5 Å². The summed E-state index contributed by atoms with van der Waals surface area (Å²) in [5.41, 5.74) is -0.402. The van der Waals surface area contributed by atoms with E-state index in [4.69, 9.17) is 4.74 Å². The van der Waals surface area contributed by atoms with Crippen molar-refractivity contribution in [2.24, 2.45) is 0 Å². The molecule has 0 saturated carbocycles. The number of hydrogen-bond donors (Lipinski definition) is 1. The van der Waals surface area contributed by atoms with Gasteiger partial charge in [-0.1, -0.05) is 6.08 Å². The molecule has 228 valence electrons. The number of rotatable bonds is 8. The summed E-state index contributed by atoms with van der Waals surface area (Å²) in [6.45, 7) is 7.80. The molecule has 4 heterocycles. The maximum Gasteiger partial charge on any atom is 0.416 e. The molecule has 3 atom stereocenters. The van der Waals surface area contributed by atoms with E-state index in [0.29, 0.717) is 38.3 Å². The molecule has 0 radical (unpaired) electrons. The van der Waals surface area contributed by atoms with Crippen LogP contribution in [0.3, 0.4) is 0 Å². The lowest BCUT2D eigenvalue weighted by atomic mass is 10.1. The fraction of sp³-hybridized carbons (Fsp3) is 0.533. The molecule has 42 heavy (non-hydrogen) atoms. The van der Waals surface area contributed by atoms with Gasteiger partial charge in [0.1, 0.15) is 5.82 Å². The largest absolute Gasteiger partial charge is 0.416 e. The lowest BCUT2D eigenvalue weighted by Gasteiger charge is -2.30. The highest BCUT2D eigenvalue weighted by atomic mass is 19.4. The molecule has 2 fully saturated rings. The molecule has 8 nitrogen and oxygen atoms in total. The van der Waals surface area contributed by atoms with Gasteiger partial charge < -0.3 is 19.5 Å². The molecule has 2 saturated heterocycles. The van der Waals surface area contributed by atoms with Crippen molar-refractivity contribution < 1.29 is 27.1 Å². The number of nitrogens with zero attached hydrogens (tertiary/aromatic N) is 4. The van der Waals surface area contributed by atoms with Crippen molar-refractivity contribution >= 4 is 11.6 Å². The highest BCUT2D eigenvalue weighted by Crippen LogP contribution is 2.30. The van der Waals surface area contributed by atoms with Gasteiger partial charge in [-0.05, 0) is 49.6 Å². The highest BCUT2D eigenvalue weighted by molar-refractivity contribution is 5.78. The van der Waals surface area contributed by atoms with Crippen LogP contribution in [0.4, 0.5) is 23.2 Å². The second-order valence-corrected chi connectivity index (χ2v) is 11.3. The second kappa shape index (κ2) is 13.0. The summed E-state index contributed by atoms with van der Waals surface area (Å²) in [4.78, 5) is 31.8. The van der Waals surface area contributed by atoms with Crippen LogP contribution in [-0.4, -0.2) is 84.3 Å². The molecule has 3 aliphatic rings. The molecule has 2 aromatic rings. The van der Waals surface area contributed by atoms with Crippen molar-refractivity contribution in [2.75, 3.05) is 50.8 Å². The fourth-order valence-corrected chi connectivity index (χ4v) is 6.29. The minimum atomic E-state index is -4.61. The van der Waals surface area contributed by atoms with E-state index in [1.54, 1.807) is 11.0 Å². The third-order valence-electron chi connectivity index (χ3n) is 8.41. The summed E-state index contributed by atoms with van der Waals surface area (Å²) in [5.74, 6) is -0.487. The van der Waals surface area contributed by atoms with E-state index in [0.717, 1.165) is 44.1 Å². The third kappa shape index (κ3) is 7.22. The predicted octanol–water partition coefficient (Wildman–Crippen LogP) is 3.25. The van der Waals surface area contributed by atoms with Crippen LogP contribution in [0.25, 0.3) is 0 Å². The Hall–Kier alpha value is -3.22. The van der Waals surface area contributed by atoms with Gasteiger partial charge in [-0.2, -0.15) is 13.2 Å². The highest BCUT2D eigenvalue weighted by Gasteiger charge is 2.38. The maximum atomic E-state index is 13.4. The Labute approximate surface area is 242 Å². The molecule has 5 rings (SSSR count). The van der Waals surface area contributed by atoms with Gasteiger partial charge in [0.15, 0.2) is 0 Å². The SMILES string of the molecule is C=CCO[C@H]1CN(C2CCCN(c3ccc(F)cc3)CC2)CC1NC(=O)CN1CCn2c(cc(C(F)(F)F)cc2=O)C1. The average Bonchev–Trinajstić information content (AvgIpc) is 3.17. The van der Waals surface area contributed by atoms with Crippen LogP contribution in [0, 0.1) is 5.82 Å². The van der Waals surface area contributed by atoms with Gasteiger partial charge in [0.2, 0.25) is 5.91 Å². The zero-order valence-electron chi connectivity index (χ0n) is 23.5. The Balaban J connectivity index is 1.19. The topological polar surface area (TPSA) is 70.1 Å². The van der Waals surface area contributed by atoms with E-state index >= 15 is 0 Å². The van der Waals surface area contributed by atoms with Gasteiger partial charge >= 0.3 is 6.18 Å². The van der Waals surface area contributed by atoms with Crippen LogP contribution < -0.4 is 15.8 Å². The number of nitrogens with one attached hydrogen (secondary N) is 1. The van der Waals surface area contributed by atoms with Crippen molar-refractivity contribution in [1.29, 1.82) is 0 Å². The number of hydrogen-bond acceptors (Lipinski definition) is 6. The summed E-state index contributed by atoms with van der Waals surface area (Å²) >= 11 is 0. The van der Waals surface area contributed by atoms with Crippen molar-refractivity contribution in [1.82, 2.24) is 19.7 Å². The summed E-state index contributed by atoms with van der Waals surface area (Å²) < 4.78 is 60.5. The minimum Gasteiger partial charge on any atom is -0.371 e. The Kier molecular flexibility index (Phi) is 9.34. The van der Waals surface area contributed by atoms with Gasteiger partial charge in [0.05, 0.1) is 30.9 Å². The molecule has 1 amide bonds. The summed E-state index contributed by atoms with van der Waals surface area (Å²) in [5, 5.41) is 3.10. The molecule has 0 bridgehead atoms. The van der Waals surface area contributed by atoms with Crippen LogP contribution in [0.1, 0.15) is 30.5 Å². The predicted molar refractivity (Wildman–Crippen MR) is 151 cm³/mol. The number of aromatic nitrogens is 1. The van der Waals surface area contributed by atoms with Crippen molar-refractivity contribution in [3.63, 3.8) is 0 Å². The Morgan fingerprint density at radius 2 is 1.86 bits per heavy atom. The zero-order valence-corrected chi connectivity index (χ0v) is 23.5. The first-order valence-electron chi connectivity index (χ1n) is 14.4. The monoisotopic (exact) mass is 591 g/mol. The van der Waals surface area contributed by atoms with E-state index < -0.39 is 17.3 Å². The summed E-state index contributed by atoms with van der Waals surface area (Å²) in [6.07, 6.45) is -0.241. The van der Waals surface area contributed by atoms with E-state index in [2.05, 4.69) is 21.7 Å². The summed E-state index contributed by atoms with van der Waals surface area (Å²) in [6, 6.07) is 8.26. The van der Waals surface area contributed by atoms with E-state index in [1.807, 2.05) is 12.1 Å². The van der Waals surface area contributed by atoms with Crippen LogP contribution in [0.5, 0.6) is 0 Å². The fourth-order valence-electron chi connectivity index (χ4n) is 6.29. The number of alkyl halides is 3. The first kappa shape index (κ1) is 30.2. The summed E-state index contributed by atoms with van der Waals surface area (Å²) in [7, 11) is 0. The number of pyridine rings is 1. The minimum absolute atomic E-state index is 0.00513. The number of anilines is 1. The smallest absolute Gasteiger partial charge is 0.371 e. The first-order valence-corrected chi connectivity index (χ1v) is 14.4. The molecular formula is C30H37F4N5O3.